The Bertz CT molecular complexity index is 698. The maximum atomic E-state index is 13.3. The molecule has 0 unspecified atom stereocenters. The number of alkyl halides is 3. The van der Waals surface area contributed by atoms with Crippen molar-refractivity contribution in [3.05, 3.63) is 53.5 Å². The molecule has 21 heavy (non-hydrogen) atoms. The zero-order valence-corrected chi connectivity index (χ0v) is 10.3. The summed E-state index contributed by atoms with van der Waals surface area (Å²) < 4.78 is 56.2. The van der Waals surface area contributed by atoms with Gasteiger partial charge in [-0.15, -0.1) is 0 Å². The van der Waals surface area contributed by atoms with Gasteiger partial charge in [-0.05, 0) is 36.4 Å². The van der Waals surface area contributed by atoms with Crippen LogP contribution in [0.2, 0.25) is 0 Å². The normalized spacial score (nSPS) is 12.0. The number of carboxylic acid groups (broad SMARTS) is 1. The Morgan fingerprint density at radius 3 is 2.52 bits per heavy atom. The van der Waals surface area contributed by atoms with Crippen LogP contribution in [0.3, 0.4) is 0 Å². The number of benzene rings is 1. The van der Waals surface area contributed by atoms with Gasteiger partial charge in [0, 0.05) is 11.6 Å². The Hall–Kier alpha value is -2.57. The van der Waals surface area contributed by atoms with Gasteiger partial charge in [0.25, 0.3) is 0 Å². The second-order valence-corrected chi connectivity index (χ2v) is 4.10. The molecule has 3 nitrogen and oxygen atoms in total. The van der Waals surface area contributed by atoms with Crippen LogP contribution >= 0.6 is 0 Å². The summed E-state index contributed by atoms with van der Waals surface area (Å²) in [4.78, 5) is 10.3. The summed E-state index contributed by atoms with van der Waals surface area (Å²) in [5.41, 5.74) is -1.21. The van der Waals surface area contributed by atoms with Gasteiger partial charge in [-0.1, -0.05) is 0 Å². The van der Waals surface area contributed by atoms with E-state index in [0.29, 0.717) is 6.07 Å². The smallest absolute Gasteiger partial charge is 0.416 e. The van der Waals surface area contributed by atoms with Crippen molar-refractivity contribution in [1.29, 1.82) is 0 Å². The molecule has 1 heterocycles. The monoisotopic (exact) mass is 300 g/mol. The standard InChI is InChI=1S/C14H8F4O3/c15-10-6-8(5-9(7-10)14(16,17)18)12-3-1-11(21-12)2-4-13(19)20/h1-7H,(H,19,20). The maximum Gasteiger partial charge on any atom is 0.416 e. The lowest BCUT2D eigenvalue weighted by Gasteiger charge is -2.08. The minimum atomic E-state index is -4.67. The molecule has 2 rings (SSSR count). The minimum Gasteiger partial charge on any atom is -0.478 e. The molecule has 0 atom stereocenters. The van der Waals surface area contributed by atoms with E-state index in [9.17, 15) is 22.4 Å². The second kappa shape index (κ2) is 5.43. The third-order valence-electron chi connectivity index (χ3n) is 2.53. The molecular weight excluding hydrogens is 292 g/mol. The Morgan fingerprint density at radius 1 is 1.19 bits per heavy atom. The molecule has 1 N–H and O–H groups in total. The van der Waals surface area contributed by atoms with Crippen LogP contribution in [-0.2, 0) is 11.0 Å². The number of aliphatic carboxylic acids is 1. The quantitative estimate of drug-likeness (QED) is 0.682. The summed E-state index contributed by atoms with van der Waals surface area (Å²) in [5.74, 6) is -2.10. The van der Waals surface area contributed by atoms with E-state index in [-0.39, 0.29) is 17.1 Å². The molecule has 0 radical (unpaired) electrons. The molecule has 0 aliphatic carbocycles. The van der Waals surface area contributed by atoms with Gasteiger partial charge in [-0.3, -0.25) is 0 Å². The fourth-order valence-electron chi connectivity index (χ4n) is 1.65. The highest BCUT2D eigenvalue weighted by Gasteiger charge is 2.31. The fourth-order valence-corrected chi connectivity index (χ4v) is 1.65. The summed E-state index contributed by atoms with van der Waals surface area (Å²) in [5, 5.41) is 8.46. The van der Waals surface area contributed by atoms with Gasteiger partial charge in [0.15, 0.2) is 0 Å². The highest BCUT2D eigenvalue weighted by molar-refractivity contribution is 5.84. The topological polar surface area (TPSA) is 50.4 Å². The van der Waals surface area contributed by atoms with E-state index >= 15 is 0 Å². The summed E-state index contributed by atoms with van der Waals surface area (Å²) >= 11 is 0. The van der Waals surface area contributed by atoms with E-state index in [0.717, 1.165) is 24.3 Å². The molecule has 0 spiro atoms. The zero-order valence-electron chi connectivity index (χ0n) is 10.3. The molecule has 0 aliphatic rings. The predicted molar refractivity (Wildman–Crippen MR) is 65.8 cm³/mol. The molecule has 0 fully saturated rings. The maximum absolute atomic E-state index is 13.3. The molecule has 1 aromatic heterocycles. The Labute approximate surface area is 116 Å². The summed E-state index contributed by atoms with van der Waals surface area (Å²) in [6.07, 6.45) is -2.72. The molecule has 2 aromatic rings. The van der Waals surface area contributed by atoms with Crippen LogP contribution in [0.15, 0.2) is 40.8 Å². The van der Waals surface area contributed by atoms with Crippen LogP contribution in [0.5, 0.6) is 0 Å². The molecule has 1 aromatic carbocycles. The number of hydrogen-bond acceptors (Lipinski definition) is 2. The van der Waals surface area contributed by atoms with E-state index in [1.165, 1.54) is 12.1 Å². The van der Waals surface area contributed by atoms with Crippen molar-refractivity contribution in [2.75, 3.05) is 0 Å². The SMILES string of the molecule is O=C(O)C=Cc1ccc(-c2cc(F)cc(C(F)(F)F)c2)o1. The Morgan fingerprint density at radius 2 is 1.90 bits per heavy atom. The van der Waals surface area contributed by atoms with Gasteiger partial charge >= 0.3 is 12.1 Å². The number of carbonyl (C=O) groups is 1. The van der Waals surface area contributed by atoms with Gasteiger partial charge in [-0.25, -0.2) is 9.18 Å². The molecule has 0 saturated carbocycles. The summed E-state index contributed by atoms with van der Waals surface area (Å²) in [7, 11) is 0. The fraction of sp³-hybridized carbons (Fsp3) is 0.0714. The predicted octanol–water partition coefficient (Wildman–Crippen LogP) is 4.20. The first-order chi connectivity index (χ1) is 9.75. The van der Waals surface area contributed by atoms with E-state index in [2.05, 4.69) is 0 Å². The van der Waals surface area contributed by atoms with Crippen LogP contribution in [0.25, 0.3) is 17.4 Å². The van der Waals surface area contributed by atoms with Gasteiger partial charge in [0.05, 0.1) is 5.56 Å². The van der Waals surface area contributed by atoms with Gasteiger partial charge in [0.1, 0.15) is 17.3 Å². The highest BCUT2D eigenvalue weighted by Crippen LogP contribution is 2.33. The van der Waals surface area contributed by atoms with Crippen LogP contribution in [0, 0.1) is 5.82 Å². The first kappa shape index (κ1) is 14.8. The third kappa shape index (κ3) is 3.71. The van der Waals surface area contributed by atoms with E-state index < -0.39 is 23.5 Å². The van der Waals surface area contributed by atoms with E-state index in [1.807, 2.05) is 0 Å². The van der Waals surface area contributed by atoms with Crippen molar-refractivity contribution in [3.8, 4) is 11.3 Å². The van der Waals surface area contributed by atoms with E-state index in [4.69, 9.17) is 9.52 Å². The number of halogens is 4. The number of carboxylic acids is 1. The van der Waals surface area contributed by atoms with Crippen LogP contribution in [0.1, 0.15) is 11.3 Å². The van der Waals surface area contributed by atoms with Gasteiger partial charge in [-0.2, -0.15) is 13.2 Å². The summed E-state index contributed by atoms with van der Waals surface area (Å²) in [6, 6.07) is 4.74. The first-order valence-electron chi connectivity index (χ1n) is 5.65. The average Bonchev–Trinajstić information content (AvgIpc) is 2.83. The molecular formula is C14H8F4O3. The van der Waals surface area contributed by atoms with Crippen molar-refractivity contribution in [3.63, 3.8) is 0 Å². The van der Waals surface area contributed by atoms with Crippen molar-refractivity contribution in [2.45, 2.75) is 6.18 Å². The second-order valence-electron chi connectivity index (χ2n) is 4.10. The highest BCUT2D eigenvalue weighted by atomic mass is 19.4. The average molecular weight is 300 g/mol. The number of furan rings is 1. The molecule has 0 bridgehead atoms. The van der Waals surface area contributed by atoms with Crippen LogP contribution < -0.4 is 0 Å². The number of rotatable bonds is 3. The number of hydrogen-bond donors (Lipinski definition) is 1. The molecule has 110 valence electrons. The minimum absolute atomic E-state index is 0.00467. The van der Waals surface area contributed by atoms with Gasteiger partial charge in [0.2, 0.25) is 0 Å². The zero-order chi connectivity index (χ0) is 15.6. The Balaban J connectivity index is 2.39. The summed E-state index contributed by atoms with van der Waals surface area (Å²) in [6.45, 7) is 0. The van der Waals surface area contributed by atoms with Crippen LogP contribution in [0.4, 0.5) is 17.6 Å². The lowest BCUT2D eigenvalue weighted by Crippen LogP contribution is -2.05. The first-order valence-corrected chi connectivity index (χ1v) is 5.65. The third-order valence-corrected chi connectivity index (χ3v) is 2.53. The molecule has 0 aliphatic heterocycles. The van der Waals surface area contributed by atoms with E-state index in [1.54, 1.807) is 0 Å². The van der Waals surface area contributed by atoms with Crippen LogP contribution in [-0.4, -0.2) is 11.1 Å². The Kier molecular flexibility index (Phi) is 3.84. The largest absolute Gasteiger partial charge is 0.478 e. The molecule has 0 amide bonds. The van der Waals surface area contributed by atoms with Gasteiger partial charge < -0.3 is 9.52 Å². The molecule has 7 heteroatoms. The van der Waals surface area contributed by atoms with Crippen molar-refractivity contribution in [1.82, 2.24) is 0 Å². The van der Waals surface area contributed by atoms with Crippen molar-refractivity contribution >= 4 is 12.0 Å². The van der Waals surface area contributed by atoms with Crippen molar-refractivity contribution in [2.24, 2.45) is 0 Å². The molecule has 0 saturated heterocycles. The van der Waals surface area contributed by atoms with Crippen molar-refractivity contribution < 1.29 is 31.9 Å². The lowest BCUT2D eigenvalue weighted by molar-refractivity contribution is -0.137. The lowest BCUT2D eigenvalue weighted by atomic mass is 10.1.